The Bertz CT molecular complexity index is 1010. The molecule has 0 aliphatic carbocycles. The summed E-state index contributed by atoms with van der Waals surface area (Å²) in [6, 6.07) is 9.72. The molecule has 2 heterocycles. The first-order valence-electron chi connectivity index (χ1n) is 9.62. The highest BCUT2D eigenvalue weighted by atomic mass is 16.5. The van der Waals surface area contributed by atoms with Crippen molar-refractivity contribution in [3.8, 4) is 0 Å². The lowest BCUT2D eigenvalue weighted by atomic mass is 10.2. The van der Waals surface area contributed by atoms with Crippen LogP contribution in [0.15, 0.2) is 60.7 Å². The van der Waals surface area contributed by atoms with Crippen LogP contribution in [-0.2, 0) is 4.74 Å². The van der Waals surface area contributed by atoms with E-state index in [1.165, 1.54) is 18.0 Å². The van der Waals surface area contributed by atoms with E-state index in [0.717, 1.165) is 17.7 Å². The van der Waals surface area contributed by atoms with E-state index >= 15 is 0 Å². The lowest BCUT2D eigenvalue weighted by Crippen LogP contribution is -2.14. The molecule has 2 N–H and O–H groups in total. The minimum atomic E-state index is -0.292. The second-order valence-corrected chi connectivity index (χ2v) is 6.93. The summed E-state index contributed by atoms with van der Waals surface area (Å²) in [5.74, 6) is 0.269. The zero-order chi connectivity index (χ0) is 21.3. The van der Waals surface area contributed by atoms with Gasteiger partial charge in [0.25, 0.3) is 5.91 Å². The van der Waals surface area contributed by atoms with Gasteiger partial charge in [-0.3, -0.25) is 9.78 Å². The van der Waals surface area contributed by atoms with Crippen molar-refractivity contribution >= 4 is 29.0 Å². The number of nitrogens with one attached hydrogen (secondary N) is 2. The Morgan fingerprint density at radius 2 is 1.80 bits per heavy atom. The standard InChI is InChI=1S/C23H25N5O2/c1-16-4-6-19(7-5-16)27-21-15-24-10-8-20(21)28-23(29)18-13-25-22(26-14-18)12-17(2)9-11-30-3/h4-8,10,12-15,27H,9,11H2,1-3H3,(H,24,28,29)/b17-12+. The molecule has 0 saturated heterocycles. The average Bonchev–Trinajstić information content (AvgIpc) is 2.75. The van der Waals surface area contributed by atoms with Crippen LogP contribution in [0.2, 0.25) is 0 Å². The van der Waals surface area contributed by atoms with Crippen molar-refractivity contribution < 1.29 is 9.53 Å². The number of rotatable bonds is 8. The van der Waals surface area contributed by atoms with Crippen molar-refractivity contribution in [2.45, 2.75) is 20.3 Å². The van der Waals surface area contributed by atoms with Crippen LogP contribution >= 0.6 is 0 Å². The van der Waals surface area contributed by atoms with Gasteiger partial charge in [-0.1, -0.05) is 23.3 Å². The van der Waals surface area contributed by atoms with Gasteiger partial charge in [0, 0.05) is 38.0 Å². The van der Waals surface area contributed by atoms with Crippen LogP contribution in [-0.4, -0.2) is 34.6 Å². The summed E-state index contributed by atoms with van der Waals surface area (Å²) in [6.45, 7) is 4.67. The van der Waals surface area contributed by atoms with Crippen molar-refractivity contribution in [2.75, 3.05) is 24.4 Å². The maximum Gasteiger partial charge on any atom is 0.258 e. The predicted molar refractivity (Wildman–Crippen MR) is 119 cm³/mol. The van der Waals surface area contributed by atoms with Gasteiger partial charge in [-0.05, 0) is 44.5 Å². The van der Waals surface area contributed by atoms with E-state index in [2.05, 4.69) is 25.6 Å². The largest absolute Gasteiger partial charge is 0.384 e. The normalized spacial score (nSPS) is 11.2. The first-order chi connectivity index (χ1) is 14.5. The summed E-state index contributed by atoms with van der Waals surface area (Å²) in [7, 11) is 1.67. The molecule has 1 amide bonds. The summed E-state index contributed by atoms with van der Waals surface area (Å²) < 4.78 is 5.07. The lowest BCUT2D eigenvalue weighted by Gasteiger charge is -2.12. The van der Waals surface area contributed by atoms with E-state index in [1.807, 2.05) is 44.2 Å². The molecule has 0 fully saturated rings. The van der Waals surface area contributed by atoms with Gasteiger partial charge in [0.15, 0.2) is 5.82 Å². The molecule has 0 aliphatic heterocycles. The van der Waals surface area contributed by atoms with Crippen LogP contribution < -0.4 is 10.6 Å². The highest BCUT2D eigenvalue weighted by molar-refractivity contribution is 6.05. The quantitative estimate of drug-likeness (QED) is 0.571. The minimum Gasteiger partial charge on any atom is -0.384 e. The number of carbonyl (C=O) groups excluding carboxylic acids is 1. The van der Waals surface area contributed by atoms with Crippen molar-refractivity contribution in [3.63, 3.8) is 0 Å². The number of carbonyl (C=O) groups is 1. The Labute approximate surface area is 176 Å². The molecule has 1 aromatic carbocycles. The molecule has 0 unspecified atom stereocenters. The Balaban J connectivity index is 1.69. The topological polar surface area (TPSA) is 89.0 Å². The summed E-state index contributed by atoms with van der Waals surface area (Å²) in [5.41, 5.74) is 4.89. The number of amides is 1. The molecule has 3 aromatic rings. The van der Waals surface area contributed by atoms with Gasteiger partial charge in [-0.25, -0.2) is 9.97 Å². The number of methoxy groups -OCH3 is 1. The number of benzene rings is 1. The second kappa shape index (κ2) is 10.3. The molecule has 7 nitrogen and oxygen atoms in total. The maximum atomic E-state index is 12.7. The van der Waals surface area contributed by atoms with Crippen molar-refractivity contribution in [1.29, 1.82) is 0 Å². The van der Waals surface area contributed by atoms with Gasteiger partial charge < -0.3 is 15.4 Å². The van der Waals surface area contributed by atoms with Crippen LogP contribution in [0, 0.1) is 6.92 Å². The molecule has 0 atom stereocenters. The van der Waals surface area contributed by atoms with Crippen LogP contribution in [0.5, 0.6) is 0 Å². The van der Waals surface area contributed by atoms with Gasteiger partial charge in [0.2, 0.25) is 0 Å². The Hall–Kier alpha value is -3.58. The van der Waals surface area contributed by atoms with E-state index in [0.29, 0.717) is 29.4 Å². The predicted octanol–water partition coefficient (Wildman–Crippen LogP) is 4.62. The van der Waals surface area contributed by atoms with E-state index in [4.69, 9.17) is 4.74 Å². The summed E-state index contributed by atoms with van der Waals surface area (Å²) in [4.78, 5) is 25.4. The van der Waals surface area contributed by atoms with Crippen LogP contribution in [0.3, 0.4) is 0 Å². The van der Waals surface area contributed by atoms with Crippen molar-refractivity contribution in [2.24, 2.45) is 0 Å². The molecular weight excluding hydrogens is 378 g/mol. The van der Waals surface area contributed by atoms with Crippen molar-refractivity contribution in [1.82, 2.24) is 15.0 Å². The monoisotopic (exact) mass is 403 g/mol. The summed E-state index contributed by atoms with van der Waals surface area (Å²) in [6.07, 6.45) is 9.03. The van der Waals surface area contributed by atoms with E-state index in [9.17, 15) is 4.79 Å². The molecule has 0 aliphatic rings. The van der Waals surface area contributed by atoms with Gasteiger partial charge in [-0.2, -0.15) is 0 Å². The van der Waals surface area contributed by atoms with E-state index in [1.54, 1.807) is 25.6 Å². The third-order valence-electron chi connectivity index (χ3n) is 4.41. The number of aromatic nitrogens is 3. The fourth-order valence-corrected chi connectivity index (χ4v) is 2.68. The minimum absolute atomic E-state index is 0.292. The molecule has 2 aromatic heterocycles. The fraction of sp³-hybridized carbons (Fsp3) is 0.217. The van der Waals surface area contributed by atoms with Crippen molar-refractivity contribution in [3.05, 3.63) is 77.6 Å². The highest BCUT2D eigenvalue weighted by Crippen LogP contribution is 2.25. The van der Waals surface area contributed by atoms with Gasteiger partial charge >= 0.3 is 0 Å². The Kier molecular flexibility index (Phi) is 7.24. The van der Waals surface area contributed by atoms with Gasteiger partial charge in [-0.15, -0.1) is 0 Å². The number of hydrogen-bond donors (Lipinski definition) is 2. The second-order valence-electron chi connectivity index (χ2n) is 6.93. The summed E-state index contributed by atoms with van der Waals surface area (Å²) >= 11 is 0. The van der Waals surface area contributed by atoms with E-state index < -0.39 is 0 Å². The number of hydrogen-bond acceptors (Lipinski definition) is 6. The zero-order valence-electron chi connectivity index (χ0n) is 17.3. The number of anilines is 3. The SMILES string of the molecule is COCC/C(C)=C/c1ncc(C(=O)Nc2ccncc2Nc2ccc(C)cc2)cn1. The molecule has 154 valence electrons. The highest BCUT2D eigenvalue weighted by Gasteiger charge is 2.11. The molecule has 0 saturated carbocycles. The Morgan fingerprint density at radius 3 is 2.50 bits per heavy atom. The Morgan fingerprint density at radius 1 is 1.07 bits per heavy atom. The first-order valence-corrected chi connectivity index (χ1v) is 9.62. The molecule has 0 spiro atoms. The number of ether oxygens (including phenoxy) is 1. The molecule has 0 bridgehead atoms. The van der Waals surface area contributed by atoms with E-state index in [-0.39, 0.29) is 5.91 Å². The molecule has 3 rings (SSSR count). The fourth-order valence-electron chi connectivity index (χ4n) is 2.68. The molecule has 7 heteroatoms. The lowest BCUT2D eigenvalue weighted by molar-refractivity contribution is 0.102. The zero-order valence-corrected chi connectivity index (χ0v) is 17.3. The maximum absolute atomic E-state index is 12.7. The number of aryl methyl sites for hydroxylation is 1. The third-order valence-corrected chi connectivity index (χ3v) is 4.41. The van der Waals surface area contributed by atoms with Gasteiger partial charge in [0.05, 0.1) is 23.1 Å². The molecule has 0 radical (unpaired) electrons. The summed E-state index contributed by atoms with van der Waals surface area (Å²) in [5, 5.41) is 6.17. The molecule has 30 heavy (non-hydrogen) atoms. The first kappa shape index (κ1) is 21.1. The van der Waals surface area contributed by atoms with Crippen LogP contribution in [0.4, 0.5) is 17.1 Å². The smallest absolute Gasteiger partial charge is 0.258 e. The van der Waals surface area contributed by atoms with Gasteiger partial charge in [0.1, 0.15) is 0 Å². The number of nitrogens with zero attached hydrogens (tertiary/aromatic N) is 3. The third kappa shape index (κ3) is 5.96. The van der Waals surface area contributed by atoms with Crippen LogP contribution in [0.25, 0.3) is 6.08 Å². The average molecular weight is 403 g/mol. The van der Waals surface area contributed by atoms with Crippen LogP contribution in [0.1, 0.15) is 35.1 Å². The number of pyridine rings is 1. The molecular formula is C23H25N5O2.